The highest BCUT2D eigenvalue weighted by molar-refractivity contribution is 14.1. The van der Waals surface area contributed by atoms with Gasteiger partial charge in [-0.15, -0.1) is 0 Å². The molecule has 0 N–H and O–H groups in total. The summed E-state index contributed by atoms with van der Waals surface area (Å²) in [4.78, 5) is 24.8. The Hall–Kier alpha value is -0.730. The molecule has 5 nitrogen and oxygen atoms in total. The second-order valence-corrected chi connectivity index (χ2v) is 9.53. The number of hydrogen-bond acceptors (Lipinski definition) is 5. The summed E-state index contributed by atoms with van der Waals surface area (Å²) in [6.45, 7) is 4.27. The Balaban J connectivity index is 1.78. The van der Waals surface area contributed by atoms with Gasteiger partial charge in [-0.05, 0) is 41.8 Å². The molecule has 4 bridgehead atoms. The number of carbonyl (C=O) groups is 2. The van der Waals surface area contributed by atoms with Crippen molar-refractivity contribution in [2.75, 3.05) is 0 Å². The van der Waals surface area contributed by atoms with Crippen LogP contribution in [0.25, 0.3) is 0 Å². The highest BCUT2D eigenvalue weighted by Gasteiger charge is 2.34. The van der Waals surface area contributed by atoms with Crippen LogP contribution in [0.3, 0.4) is 0 Å². The molecule has 0 radical (unpaired) electrons. The molecular formula is C23H33IO5. The molecule has 29 heavy (non-hydrogen) atoms. The first-order chi connectivity index (χ1) is 13.9. The summed E-state index contributed by atoms with van der Waals surface area (Å²) in [5, 5.41) is 0. The van der Waals surface area contributed by atoms with E-state index in [1.54, 1.807) is 0 Å². The fraction of sp³-hybridized carbons (Fsp3) is 0.739. The van der Waals surface area contributed by atoms with Crippen LogP contribution in [0.2, 0.25) is 0 Å². The van der Waals surface area contributed by atoms with Gasteiger partial charge in [0.1, 0.15) is 11.9 Å². The van der Waals surface area contributed by atoms with E-state index < -0.39 is 6.10 Å². The first kappa shape index (κ1) is 22.9. The minimum absolute atomic E-state index is 0.0713. The number of esters is 1. The smallest absolute Gasteiger partial charge is 0.309 e. The van der Waals surface area contributed by atoms with Crippen molar-refractivity contribution < 1.29 is 23.8 Å². The molecule has 0 spiro atoms. The van der Waals surface area contributed by atoms with Crippen LogP contribution in [0.5, 0.6) is 0 Å². The van der Waals surface area contributed by atoms with Crippen LogP contribution >= 0.6 is 22.6 Å². The lowest BCUT2D eigenvalue weighted by Gasteiger charge is -2.36. The summed E-state index contributed by atoms with van der Waals surface area (Å²) in [6, 6.07) is 0. The summed E-state index contributed by atoms with van der Waals surface area (Å²) in [5.74, 6) is 0.325. The third kappa shape index (κ3) is 7.17. The molecule has 7 atom stereocenters. The Morgan fingerprint density at radius 1 is 0.931 bits per heavy atom. The Labute approximate surface area is 187 Å². The first-order valence-electron chi connectivity index (χ1n) is 10.9. The second-order valence-electron chi connectivity index (χ2n) is 8.81. The number of fused-ring (bicyclic) bond motifs is 4. The molecule has 2 saturated heterocycles. The van der Waals surface area contributed by atoms with Crippen LogP contribution in [0.15, 0.2) is 22.3 Å². The largest absolute Gasteiger partial charge is 0.457 e. The fourth-order valence-electron chi connectivity index (χ4n) is 4.59. The molecule has 0 aromatic rings. The maximum atomic E-state index is 12.6. The van der Waals surface area contributed by atoms with E-state index in [0.717, 1.165) is 32.1 Å². The van der Waals surface area contributed by atoms with Crippen molar-refractivity contribution in [2.45, 2.75) is 95.7 Å². The Kier molecular flexibility index (Phi) is 8.74. The van der Waals surface area contributed by atoms with Gasteiger partial charge in [0.05, 0.1) is 30.8 Å². The van der Waals surface area contributed by atoms with Gasteiger partial charge in [-0.2, -0.15) is 0 Å². The summed E-state index contributed by atoms with van der Waals surface area (Å²) < 4.78 is 20.1. The predicted molar refractivity (Wildman–Crippen MR) is 120 cm³/mol. The van der Waals surface area contributed by atoms with Gasteiger partial charge in [0, 0.05) is 25.2 Å². The van der Waals surface area contributed by atoms with E-state index in [0.29, 0.717) is 18.8 Å². The molecule has 0 unspecified atom stereocenters. The SMILES string of the molecule is C[C@H]1/C=C\[C@H](C)[C@H](/C=C/I)OC(=O)C[C@@H]2CC(=O)C[C@H](C[C@@H]3CCC[C@H](C1)O3)O2. The van der Waals surface area contributed by atoms with Gasteiger partial charge in [-0.3, -0.25) is 9.59 Å². The highest BCUT2D eigenvalue weighted by atomic mass is 127. The van der Waals surface area contributed by atoms with Crippen molar-refractivity contribution in [3.8, 4) is 0 Å². The summed E-state index contributed by atoms with van der Waals surface area (Å²) in [5.41, 5.74) is 0. The third-order valence-electron chi connectivity index (χ3n) is 6.08. The van der Waals surface area contributed by atoms with Crippen molar-refractivity contribution in [1.82, 2.24) is 0 Å². The van der Waals surface area contributed by atoms with Crippen LogP contribution in [0.4, 0.5) is 0 Å². The molecule has 3 aliphatic rings. The minimum atomic E-state index is -0.392. The number of carbonyl (C=O) groups excluding carboxylic acids is 2. The number of ketones is 1. The van der Waals surface area contributed by atoms with E-state index in [-0.39, 0.29) is 48.5 Å². The summed E-state index contributed by atoms with van der Waals surface area (Å²) in [7, 11) is 0. The molecule has 3 rings (SSSR count). The molecule has 0 aliphatic carbocycles. The van der Waals surface area contributed by atoms with Crippen molar-refractivity contribution >= 4 is 34.3 Å². The number of allylic oxidation sites excluding steroid dienone is 1. The topological polar surface area (TPSA) is 61.8 Å². The molecule has 0 aromatic heterocycles. The number of Topliss-reactive ketones (excluding diaryl/α,β-unsaturated/α-hetero) is 1. The lowest BCUT2D eigenvalue weighted by atomic mass is 9.91. The van der Waals surface area contributed by atoms with E-state index in [1.165, 1.54) is 0 Å². The minimum Gasteiger partial charge on any atom is -0.457 e. The maximum absolute atomic E-state index is 12.6. The number of halogens is 1. The molecule has 3 heterocycles. The summed E-state index contributed by atoms with van der Waals surface area (Å²) >= 11 is 2.15. The van der Waals surface area contributed by atoms with Crippen molar-refractivity contribution in [2.24, 2.45) is 11.8 Å². The van der Waals surface area contributed by atoms with Crippen LogP contribution in [0, 0.1) is 11.8 Å². The zero-order valence-corrected chi connectivity index (χ0v) is 19.6. The van der Waals surface area contributed by atoms with Gasteiger partial charge in [0.15, 0.2) is 0 Å². The van der Waals surface area contributed by atoms with Gasteiger partial charge >= 0.3 is 5.97 Å². The van der Waals surface area contributed by atoms with Crippen LogP contribution < -0.4 is 0 Å². The standard InChI is InChI=1S/C23H33IO5/c1-15-6-7-16(2)22(8-9-24)29-23(26)14-21-12-17(25)11-20(28-21)13-19-5-3-4-18(10-15)27-19/h6-9,15-16,18-22H,3-5,10-14H2,1-2H3/b7-6-,9-8+/t15-,16-,18+,19-,20+,21-,22-/m0/s1. The quantitative estimate of drug-likeness (QED) is 0.282. The molecule has 3 aliphatic heterocycles. The molecule has 0 saturated carbocycles. The van der Waals surface area contributed by atoms with Crippen LogP contribution in [-0.4, -0.2) is 42.3 Å². The van der Waals surface area contributed by atoms with Crippen molar-refractivity contribution in [3.05, 3.63) is 22.3 Å². The summed E-state index contributed by atoms with van der Waals surface area (Å²) in [6.07, 6.45) is 11.6. The average Bonchev–Trinajstić information content (AvgIpc) is 2.65. The molecular weight excluding hydrogens is 483 g/mol. The lowest BCUT2D eigenvalue weighted by molar-refractivity contribution is -0.158. The van der Waals surface area contributed by atoms with Gasteiger partial charge in [-0.1, -0.05) is 48.6 Å². The maximum Gasteiger partial charge on any atom is 0.309 e. The Bertz CT molecular complexity index is 631. The number of rotatable bonds is 1. The van der Waals surface area contributed by atoms with Gasteiger partial charge in [0.25, 0.3) is 0 Å². The van der Waals surface area contributed by atoms with Gasteiger partial charge < -0.3 is 14.2 Å². The molecule has 2 fully saturated rings. The third-order valence-corrected chi connectivity index (χ3v) is 6.49. The lowest BCUT2D eigenvalue weighted by Crippen LogP contribution is -2.39. The van der Waals surface area contributed by atoms with Crippen molar-refractivity contribution in [1.29, 1.82) is 0 Å². The van der Waals surface area contributed by atoms with E-state index >= 15 is 0 Å². The average molecular weight is 516 g/mol. The normalized spacial score (nSPS) is 41.1. The van der Waals surface area contributed by atoms with E-state index in [1.807, 2.05) is 10.2 Å². The second kappa shape index (κ2) is 11.0. The monoisotopic (exact) mass is 516 g/mol. The zero-order chi connectivity index (χ0) is 20.8. The predicted octanol–water partition coefficient (Wildman–Crippen LogP) is 4.91. The molecule has 0 amide bonds. The van der Waals surface area contributed by atoms with Crippen LogP contribution in [0.1, 0.15) is 65.2 Å². The number of ether oxygens (including phenoxy) is 3. The molecule has 6 heteroatoms. The van der Waals surface area contributed by atoms with E-state index in [4.69, 9.17) is 14.2 Å². The van der Waals surface area contributed by atoms with E-state index in [2.05, 4.69) is 48.6 Å². The van der Waals surface area contributed by atoms with Crippen molar-refractivity contribution in [3.63, 3.8) is 0 Å². The molecule has 0 aromatic carbocycles. The van der Waals surface area contributed by atoms with Crippen LogP contribution in [-0.2, 0) is 23.8 Å². The number of hydrogen-bond donors (Lipinski definition) is 0. The molecule has 162 valence electrons. The first-order valence-corrected chi connectivity index (χ1v) is 12.1. The Morgan fingerprint density at radius 2 is 1.62 bits per heavy atom. The zero-order valence-electron chi connectivity index (χ0n) is 17.4. The van der Waals surface area contributed by atoms with E-state index in [9.17, 15) is 9.59 Å². The highest BCUT2D eigenvalue weighted by Crippen LogP contribution is 2.31. The number of cyclic esters (lactones) is 1. The fourth-order valence-corrected chi connectivity index (χ4v) is 5.00. The van der Waals surface area contributed by atoms with Gasteiger partial charge in [0.2, 0.25) is 0 Å². The Morgan fingerprint density at radius 3 is 2.38 bits per heavy atom. The van der Waals surface area contributed by atoms with Gasteiger partial charge in [-0.25, -0.2) is 0 Å².